The van der Waals surface area contributed by atoms with Crippen LogP contribution in [0.1, 0.15) is 18.9 Å². The fourth-order valence-electron chi connectivity index (χ4n) is 1.35. The van der Waals surface area contributed by atoms with Crippen molar-refractivity contribution in [3.63, 3.8) is 0 Å². The molecule has 0 amide bonds. The van der Waals surface area contributed by atoms with Crippen molar-refractivity contribution in [3.8, 4) is 0 Å². The van der Waals surface area contributed by atoms with E-state index < -0.39 is 0 Å². The highest BCUT2D eigenvalue weighted by atomic mass is 35.5. The second-order valence-electron chi connectivity index (χ2n) is 3.51. The van der Waals surface area contributed by atoms with Gasteiger partial charge in [-0.15, -0.1) is 24.8 Å². The maximum absolute atomic E-state index is 5.80. The zero-order chi connectivity index (χ0) is 10.9. The van der Waals surface area contributed by atoms with Gasteiger partial charge in [0, 0.05) is 11.6 Å². The monoisotopic (exact) mass is 298 g/mol. The van der Waals surface area contributed by atoms with Crippen molar-refractivity contribution in [1.29, 1.82) is 0 Å². The third-order valence-corrected chi connectivity index (χ3v) is 2.45. The van der Waals surface area contributed by atoms with Gasteiger partial charge in [-0.05, 0) is 43.8 Å². The molecule has 0 bridgehead atoms. The van der Waals surface area contributed by atoms with Crippen LogP contribution in [0.25, 0.3) is 0 Å². The van der Waals surface area contributed by atoms with E-state index in [0.717, 1.165) is 31.2 Å². The highest BCUT2D eigenvalue weighted by Gasteiger charge is 1.92. The van der Waals surface area contributed by atoms with E-state index in [-0.39, 0.29) is 24.8 Å². The highest BCUT2D eigenvalue weighted by molar-refractivity contribution is 6.30. The maximum Gasteiger partial charge on any atom is 0.0406 e. The van der Waals surface area contributed by atoms with Crippen LogP contribution in [0.2, 0.25) is 5.02 Å². The van der Waals surface area contributed by atoms with Crippen LogP contribution in [0.5, 0.6) is 0 Å². The first-order valence-electron chi connectivity index (χ1n) is 5.49. The van der Waals surface area contributed by atoms with E-state index >= 15 is 0 Å². The summed E-state index contributed by atoms with van der Waals surface area (Å²) in [5.41, 5.74) is 1.28. The Labute approximate surface area is 121 Å². The molecule has 1 aromatic rings. The summed E-state index contributed by atoms with van der Waals surface area (Å²) in [5, 5.41) is 7.49. The Morgan fingerprint density at radius 2 is 1.59 bits per heavy atom. The number of hydrogen-bond donors (Lipinski definition) is 2. The summed E-state index contributed by atoms with van der Waals surface area (Å²) in [6.07, 6.45) is 1.17. The van der Waals surface area contributed by atoms with Crippen molar-refractivity contribution < 1.29 is 0 Å². The van der Waals surface area contributed by atoms with Crippen LogP contribution in [0.3, 0.4) is 0 Å². The van der Waals surface area contributed by atoms with E-state index in [2.05, 4.69) is 29.7 Å². The predicted molar refractivity (Wildman–Crippen MR) is 80.8 cm³/mol. The fraction of sp³-hybridized carbons (Fsp3) is 0.500. The van der Waals surface area contributed by atoms with Gasteiger partial charge in [0.2, 0.25) is 0 Å². The number of halogens is 3. The number of hydrogen-bond acceptors (Lipinski definition) is 2. The summed E-state index contributed by atoms with van der Waals surface area (Å²) in [5.74, 6) is 0. The second-order valence-corrected chi connectivity index (χ2v) is 3.95. The van der Waals surface area contributed by atoms with Crippen molar-refractivity contribution in [1.82, 2.24) is 10.6 Å². The molecule has 0 aliphatic carbocycles. The summed E-state index contributed by atoms with van der Waals surface area (Å²) in [6, 6.07) is 7.97. The molecule has 0 aromatic heterocycles. The van der Waals surface area contributed by atoms with E-state index in [9.17, 15) is 0 Å². The van der Waals surface area contributed by atoms with E-state index in [1.54, 1.807) is 0 Å². The molecule has 0 spiro atoms. The second kappa shape index (κ2) is 12.5. The van der Waals surface area contributed by atoms with Crippen LogP contribution in [0, 0.1) is 0 Å². The van der Waals surface area contributed by atoms with Crippen LogP contribution in [0.4, 0.5) is 0 Å². The van der Waals surface area contributed by atoms with Gasteiger partial charge in [-0.3, -0.25) is 0 Å². The maximum atomic E-state index is 5.80. The number of rotatable bonds is 7. The minimum atomic E-state index is 0. The van der Waals surface area contributed by atoms with Crippen molar-refractivity contribution >= 4 is 36.4 Å². The van der Waals surface area contributed by atoms with Crippen molar-refractivity contribution in [2.45, 2.75) is 19.9 Å². The molecule has 100 valence electrons. The zero-order valence-electron chi connectivity index (χ0n) is 10.0. The smallest absolute Gasteiger partial charge is 0.0406 e. The molecule has 2 N–H and O–H groups in total. The van der Waals surface area contributed by atoms with Crippen LogP contribution in [-0.4, -0.2) is 19.6 Å². The molecule has 0 unspecified atom stereocenters. The van der Waals surface area contributed by atoms with E-state index in [1.165, 1.54) is 12.0 Å². The van der Waals surface area contributed by atoms with Gasteiger partial charge in [0.25, 0.3) is 0 Å². The average molecular weight is 300 g/mol. The third kappa shape index (κ3) is 9.69. The molecule has 0 heterocycles. The first-order valence-corrected chi connectivity index (χ1v) is 5.86. The van der Waals surface area contributed by atoms with Gasteiger partial charge in [0.05, 0.1) is 0 Å². The van der Waals surface area contributed by atoms with E-state index in [1.807, 2.05) is 12.1 Å². The van der Waals surface area contributed by atoms with Gasteiger partial charge >= 0.3 is 0 Å². The van der Waals surface area contributed by atoms with Gasteiger partial charge in [0.15, 0.2) is 0 Å². The molecule has 1 aromatic carbocycles. The lowest BCUT2D eigenvalue weighted by Gasteiger charge is -2.05. The third-order valence-electron chi connectivity index (χ3n) is 2.20. The standard InChI is InChI=1S/C12H19ClN2.2ClH/c1-2-14-8-3-9-15-10-11-4-6-12(13)7-5-11;;/h4-7,14-15H,2-3,8-10H2,1H3;2*1H. The molecule has 0 saturated carbocycles. The summed E-state index contributed by atoms with van der Waals surface area (Å²) < 4.78 is 0. The Hall–Kier alpha value is 0.01000. The molecule has 0 saturated heterocycles. The molecule has 1 rings (SSSR count). The van der Waals surface area contributed by atoms with Gasteiger partial charge in [-0.1, -0.05) is 30.7 Å². The van der Waals surface area contributed by atoms with Crippen LogP contribution < -0.4 is 10.6 Å². The average Bonchev–Trinajstić information content (AvgIpc) is 2.26. The first-order chi connectivity index (χ1) is 7.33. The molecule has 2 nitrogen and oxygen atoms in total. The summed E-state index contributed by atoms with van der Waals surface area (Å²) in [4.78, 5) is 0. The molecule has 0 aliphatic rings. The fourth-order valence-corrected chi connectivity index (χ4v) is 1.48. The number of benzene rings is 1. The SMILES string of the molecule is CCNCCCNCc1ccc(Cl)cc1.Cl.Cl. The molecular formula is C12H21Cl3N2. The van der Waals surface area contributed by atoms with Gasteiger partial charge in [0.1, 0.15) is 0 Å². The molecule has 0 aliphatic heterocycles. The molecule has 5 heteroatoms. The van der Waals surface area contributed by atoms with Crippen molar-refractivity contribution in [2.75, 3.05) is 19.6 Å². The zero-order valence-corrected chi connectivity index (χ0v) is 12.4. The Morgan fingerprint density at radius 1 is 1.00 bits per heavy atom. The Kier molecular flexibility index (Phi) is 14.2. The van der Waals surface area contributed by atoms with E-state index in [4.69, 9.17) is 11.6 Å². The van der Waals surface area contributed by atoms with Gasteiger partial charge < -0.3 is 10.6 Å². The normalized spacial score (nSPS) is 9.29. The van der Waals surface area contributed by atoms with Crippen LogP contribution in [0.15, 0.2) is 24.3 Å². The largest absolute Gasteiger partial charge is 0.317 e. The predicted octanol–water partition coefficient (Wildman–Crippen LogP) is 3.27. The lowest BCUT2D eigenvalue weighted by atomic mass is 10.2. The Bertz CT molecular complexity index is 265. The summed E-state index contributed by atoms with van der Waals surface area (Å²) in [7, 11) is 0. The molecule has 0 fully saturated rings. The van der Waals surface area contributed by atoms with Crippen molar-refractivity contribution in [2.24, 2.45) is 0 Å². The minimum absolute atomic E-state index is 0. The lowest BCUT2D eigenvalue weighted by molar-refractivity contribution is 0.606. The van der Waals surface area contributed by atoms with Gasteiger partial charge in [-0.2, -0.15) is 0 Å². The molecule has 0 atom stereocenters. The molecular weight excluding hydrogens is 279 g/mol. The topological polar surface area (TPSA) is 24.1 Å². The minimum Gasteiger partial charge on any atom is -0.317 e. The number of nitrogens with one attached hydrogen (secondary N) is 2. The first kappa shape index (κ1) is 19.4. The summed E-state index contributed by atoms with van der Waals surface area (Å²) in [6.45, 7) is 6.24. The van der Waals surface area contributed by atoms with E-state index in [0.29, 0.717) is 0 Å². The van der Waals surface area contributed by atoms with Crippen LogP contribution in [-0.2, 0) is 6.54 Å². The van der Waals surface area contributed by atoms with Crippen LogP contribution >= 0.6 is 36.4 Å². The Balaban J connectivity index is 0. The lowest BCUT2D eigenvalue weighted by Crippen LogP contribution is -2.21. The van der Waals surface area contributed by atoms with Crippen molar-refractivity contribution in [3.05, 3.63) is 34.9 Å². The summed E-state index contributed by atoms with van der Waals surface area (Å²) >= 11 is 5.80. The Morgan fingerprint density at radius 3 is 2.18 bits per heavy atom. The highest BCUT2D eigenvalue weighted by Crippen LogP contribution is 2.08. The quantitative estimate of drug-likeness (QED) is 0.755. The molecule has 17 heavy (non-hydrogen) atoms. The van der Waals surface area contributed by atoms with Gasteiger partial charge in [-0.25, -0.2) is 0 Å². The molecule has 0 radical (unpaired) electrons.